The number of carboxylic acids is 1. The molecule has 0 spiro atoms. The Bertz CT molecular complexity index is 305. The highest BCUT2D eigenvalue weighted by Crippen LogP contribution is 2.08. The maximum atomic E-state index is 11.2. The molecule has 0 atom stereocenters. The molecule has 0 aliphatic carbocycles. The van der Waals surface area contributed by atoms with Crippen molar-refractivity contribution in [3.63, 3.8) is 0 Å². The van der Waals surface area contributed by atoms with Crippen LogP contribution in [-0.4, -0.2) is 29.0 Å². The van der Waals surface area contributed by atoms with Crippen molar-refractivity contribution in [2.75, 3.05) is 0 Å². The van der Waals surface area contributed by atoms with Crippen molar-refractivity contribution in [1.29, 1.82) is 0 Å². The zero-order chi connectivity index (χ0) is 14.7. The number of hydrogen-bond acceptors (Lipinski definition) is 3. The van der Waals surface area contributed by atoms with E-state index < -0.39 is 17.7 Å². The molecule has 0 aromatic heterocycles. The van der Waals surface area contributed by atoms with E-state index in [0.717, 1.165) is 38.5 Å². The van der Waals surface area contributed by atoms with Crippen LogP contribution in [0.1, 0.15) is 65.7 Å². The Balaban J connectivity index is 3.44. The SMILES string of the molecule is CC(C)(C)OC(=O)N=CCCCCCCCC(=O)O. The van der Waals surface area contributed by atoms with Crippen LogP contribution >= 0.6 is 0 Å². The first-order chi connectivity index (χ1) is 8.81. The lowest BCUT2D eigenvalue weighted by Gasteiger charge is -2.17. The maximum absolute atomic E-state index is 11.2. The summed E-state index contributed by atoms with van der Waals surface area (Å²) in [7, 11) is 0. The summed E-state index contributed by atoms with van der Waals surface area (Å²) in [5.74, 6) is -0.732. The molecule has 19 heavy (non-hydrogen) atoms. The number of carbonyl (C=O) groups is 2. The van der Waals surface area contributed by atoms with Gasteiger partial charge < -0.3 is 9.84 Å². The van der Waals surface area contributed by atoms with Gasteiger partial charge in [-0.1, -0.05) is 19.3 Å². The van der Waals surface area contributed by atoms with Gasteiger partial charge in [-0.25, -0.2) is 4.79 Å². The summed E-state index contributed by atoms with van der Waals surface area (Å²) in [6, 6.07) is 0. The molecule has 0 bridgehead atoms. The molecule has 0 aliphatic rings. The molecular formula is C14H25NO4. The van der Waals surface area contributed by atoms with Gasteiger partial charge in [-0.2, -0.15) is 4.99 Å². The van der Waals surface area contributed by atoms with Crippen LogP contribution in [0.15, 0.2) is 4.99 Å². The summed E-state index contributed by atoms with van der Waals surface area (Å²) < 4.78 is 5.03. The molecule has 110 valence electrons. The van der Waals surface area contributed by atoms with E-state index in [0.29, 0.717) is 0 Å². The van der Waals surface area contributed by atoms with E-state index in [-0.39, 0.29) is 6.42 Å². The molecule has 0 unspecified atom stereocenters. The van der Waals surface area contributed by atoms with Crippen molar-refractivity contribution in [1.82, 2.24) is 0 Å². The van der Waals surface area contributed by atoms with Crippen molar-refractivity contribution < 1.29 is 19.4 Å². The monoisotopic (exact) mass is 271 g/mol. The molecule has 0 aromatic rings. The van der Waals surface area contributed by atoms with Crippen LogP contribution in [-0.2, 0) is 9.53 Å². The Morgan fingerprint density at radius 2 is 1.68 bits per heavy atom. The third-order valence-electron chi connectivity index (χ3n) is 2.31. The fourth-order valence-electron chi connectivity index (χ4n) is 1.47. The summed E-state index contributed by atoms with van der Waals surface area (Å²) in [5, 5.41) is 8.46. The van der Waals surface area contributed by atoms with Gasteiger partial charge in [-0.05, 0) is 40.0 Å². The summed E-state index contributed by atoms with van der Waals surface area (Å²) in [4.78, 5) is 25.2. The zero-order valence-corrected chi connectivity index (χ0v) is 12.1. The second-order valence-corrected chi connectivity index (χ2v) is 5.49. The van der Waals surface area contributed by atoms with Crippen LogP contribution in [0.4, 0.5) is 4.79 Å². The quantitative estimate of drug-likeness (QED) is 0.538. The topological polar surface area (TPSA) is 76.0 Å². The minimum atomic E-state index is -0.732. The Kier molecular flexibility index (Phi) is 8.83. The van der Waals surface area contributed by atoms with Gasteiger partial charge in [0.25, 0.3) is 0 Å². The number of amides is 1. The lowest BCUT2D eigenvalue weighted by atomic mass is 10.1. The number of carbonyl (C=O) groups excluding carboxylic acids is 1. The summed E-state index contributed by atoms with van der Waals surface area (Å²) >= 11 is 0. The van der Waals surface area contributed by atoms with E-state index in [1.54, 1.807) is 27.0 Å². The predicted octanol–water partition coefficient (Wildman–Crippen LogP) is 3.81. The minimum absolute atomic E-state index is 0.250. The third kappa shape index (κ3) is 14.6. The number of rotatable bonds is 8. The van der Waals surface area contributed by atoms with Crippen LogP contribution in [0.2, 0.25) is 0 Å². The first-order valence-corrected chi connectivity index (χ1v) is 6.78. The molecule has 0 aromatic carbocycles. The molecule has 0 aliphatic heterocycles. The van der Waals surface area contributed by atoms with Gasteiger partial charge in [0.05, 0.1) is 0 Å². The largest absolute Gasteiger partial charge is 0.481 e. The smallest absolute Gasteiger partial charge is 0.433 e. The molecule has 5 nitrogen and oxygen atoms in total. The first kappa shape index (κ1) is 17.6. The zero-order valence-electron chi connectivity index (χ0n) is 12.1. The molecule has 0 saturated heterocycles. The Morgan fingerprint density at radius 3 is 2.26 bits per heavy atom. The highest BCUT2D eigenvalue weighted by atomic mass is 16.6. The van der Waals surface area contributed by atoms with Crippen molar-refractivity contribution in [2.45, 2.75) is 71.3 Å². The van der Waals surface area contributed by atoms with Crippen molar-refractivity contribution >= 4 is 18.3 Å². The number of nitrogens with zero attached hydrogens (tertiary/aromatic N) is 1. The van der Waals surface area contributed by atoms with Gasteiger partial charge in [0.1, 0.15) is 5.60 Å². The van der Waals surface area contributed by atoms with Gasteiger partial charge >= 0.3 is 12.1 Å². The molecule has 5 heteroatoms. The molecule has 1 amide bonds. The fourth-order valence-corrected chi connectivity index (χ4v) is 1.47. The third-order valence-corrected chi connectivity index (χ3v) is 2.31. The summed E-state index contributed by atoms with van der Waals surface area (Å²) in [6.07, 6.45) is 6.72. The van der Waals surface area contributed by atoms with E-state index in [2.05, 4.69) is 4.99 Å². The molecule has 1 N–H and O–H groups in total. The van der Waals surface area contributed by atoms with Crippen LogP contribution in [0.5, 0.6) is 0 Å². The normalized spacial score (nSPS) is 11.7. The first-order valence-electron chi connectivity index (χ1n) is 6.78. The Morgan fingerprint density at radius 1 is 1.11 bits per heavy atom. The maximum Gasteiger partial charge on any atom is 0.433 e. The van der Waals surface area contributed by atoms with Gasteiger partial charge in [-0.15, -0.1) is 0 Å². The van der Waals surface area contributed by atoms with Crippen molar-refractivity contribution in [2.24, 2.45) is 4.99 Å². The van der Waals surface area contributed by atoms with E-state index in [1.165, 1.54) is 0 Å². The van der Waals surface area contributed by atoms with Crippen LogP contribution in [0.25, 0.3) is 0 Å². The Hall–Kier alpha value is -1.39. The molecule has 0 radical (unpaired) electrons. The van der Waals surface area contributed by atoms with Gasteiger partial charge in [0, 0.05) is 12.6 Å². The van der Waals surface area contributed by atoms with E-state index >= 15 is 0 Å². The number of aliphatic imine (C=N–C) groups is 1. The minimum Gasteiger partial charge on any atom is -0.481 e. The van der Waals surface area contributed by atoms with Crippen molar-refractivity contribution in [3.8, 4) is 0 Å². The second-order valence-electron chi connectivity index (χ2n) is 5.49. The number of hydrogen-bond donors (Lipinski definition) is 1. The Labute approximate surface area is 115 Å². The second kappa shape index (κ2) is 9.53. The van der Waals surface area contributed by atoms with Gasteiger partial charge in [0.15, 0.2) is 0 Å². The lowest BCUT2D eigenvalue weighted by molar-refractivity contribution is -0.137. The number of carboxylic acid groups (broad SMARTS) is 1. The average molecular weight is 271 g/mol. The molecule has 0 rings (SSSR count). The number of aliphatic carboxylic acids is 1. The van der Waals surface area contributed by atoms with Gasteiger partial charge in [-0.3, -0.25) is 4.79 Å². The van der Waals surface area contributed by atoms with Crippen LogP contribution in [0, 0.1) is 0 Å². The molecule has 0 fully saturated rings. The number of ether oxygens (including phenoxy) is 1. The van der Waals surface area contributed by atoms with Gasteiger partial charge in [0.2, 0.25) is 0 Å². The fraction of sp³-hybridized carbons (Fsp3) is 0.786. The highest BCUT2D eigenvalue weighted by molar-refractivity contribution is 5.79. The lowest BCUT2D eigenvalue weighted by Crippen LogP contribution is -2.21. The summed E-state index contributed by atoms with van der Waals surface area (Å²) in [6.45, 7) is 5.41. The standard InChI is InChI=1S/C14H25NO4/c1-14(2,3)19-13(18)15-11-9-7-5-4-6-8-10-12(16)17/h11H,4-10H2,1-3H3,(H,16,17). The highest BCUT2D eigenvalue weighted by Gasteiger charge is 2.14. The molecule has 0 heterocycles. The van der Waals surface area contributed by atoms with Crippen LogP contribution < -0.4 is 0 Å². The molecule has 0 saturated carbocycles. The average Bonchev–Trinajstić information content (AvgIpc) is 2.24. The van der Waals surface area contributed by atoms with E-state index in [1.807, 2.05) is 0 Å². The number of unbranched alkanes of at least 4 members (excludes halogenated alkanes) is 5. The van der Waals surface area contributed by atoms with Crippen molar-refractivity contribution in [3.05, 3.63) is 0 Å². The van der Waals surface area contributed by atoms with E-state index in [4.69, 9.17) is 9.84 Å². The van der Waals surface area contributed by atoms with E-state index in [9.17, 15) is 9.59 Å². The summed E-state index contributed by atoms with van der Waals surface area (Å²) in [5.41, 5.74) is -0.501. The predicted molar refractivity (Wildman–Crippen MR) is 74.7 cm³/mol. The molecular weight excluding hydrogens is 246 g/mol. The van der Waals surface area contributed by atoms with Crippen LogP contribution in [0.3, 0.4) is 0 Å².